The topological polar surface area (TPSA) is 9.23 Å². The van der Waals surface area contributed by atoms with E-state index in [1.54, 1.807) is 6.08 Å². The standard InChI is InChI=1S/C14H16O.C2H6/c1-5-13(10-11(2)3)15-14-8-6-12(4)7-9-14;1-2/h5-10H,1-2H2,3-4H3;1-2H3/b13-10+;. The highest BCUT2D eigenvalue weighted by Crippen LogP contribution is 2.15. The van der Waals surface area contributed by atoms with Crippen LogP contribution in [0.4, 0.5) is 0 Å². The lowest BCUT2D eigenvalue weighted by atomic mass is 10.2. The third-order valence-corrected chi connectivity index (χ3v) is 1.85. The van der Waals surface area contributed by atoms with Crippen LogP contribution < -0.4 is 4.74 Å². The normalized spacial score (nSPS) is 10.0. The molecular weight excluding hydrogens is 208 g/mol. The number of hydrogen-bond donors (Lipinski definition) is 0. The Hall–Kier alpha value is -1.76. The quantitative estimate of drug-likeness (QED) is 0.519. The summed E-state index contributed by atoms with van der Waals surface area (Å²) in [6.45, 7) is 15.5. The molecule has 1 rings (SSSR count). The van der Waals surface area contributed by atoms with Gasteiger partial charge < -0.3 is 4.74 Å². The second-order valence-electron chi connectivity index (χ2n) is 3.51. The van der Waals surface area contributed by atoms with Crippen molar-refractivity contribution < 1.29 is 4.74 Å². The fraction of sp³-hybridized carbons (Fsp3) is 0.250. The molecule has 0 unspecified atom stereocenters. The molecule has 1 aromatic rings. The van der Waals surface area contributed by atoms with Gasteiger partial charge in [0.25, 0.3) is 0 Å². The summed E-state index contributed by atoms with van der Waals surface area (Å²) in [5, 5.41) is 0. The van der Waals surface area contributed by atoms with E-state index in [0.717, 1.165) is 11.3 Å². The average Bonchev–Trinajstić information content (AvgIpc) is 2.33. The van der Waals surface area contributed by atoms with Crippen molar-refractivity contribution in [3.8, 4) is 5.75 Å². The third-order valence-electron chi connectivity index (χ3n) is 1.85. The molecule has 92 valence electrons. The zero-order valence-electron chi connectivity index (χ0n) is 11.3. The highest BCUT2D eigenvalue weighted by atomic mass is 16.5. The Kier molecular flexibility index (Phi) is 7.53. The van der Waals surface area contributed by atoms with E-state index >= 15 is 0 Å². The van der Waals surface area contributed by atoms with Crippen LogP contribution in [0.1, 0.15) is 26.3 Å². The summed E-state index contributed by atoms with van der Waals surface area (Å²) in [6, 6.07) is 7.89. The molecule has 0 aliphatic rings. The Bertz CT molecular complexity index is 382. The molecule has 0 aliphatic heterocycles. The molecule has 0 saturated carbocycles. The van der Waals surface area contributed by atoms with Crippen LogP contribution in [0.15, 0.2) is 60.9 Å². The molecule has 1 aromatic carbocycles. The molecule has 0 saturated heterocycles. The van der Waals surface area contributed by atoms with Crippen molar-refractivity contribution in [2.45, 2.75) is 27.7 Å². The number of benzene rings is 1. The number of ether oxygens (including phenoxy) is 1. The highest BCUT2D eigenvalue weighted by molar-refractivity contribution is 5.31. The predicted molar refractivity (Wildman–Crippen MR) is 76.2 cm³/mol. The first-order chi connectivity index (χ1) is 8.11. The Morgan fingerprint density at radius 3 is 2.12 bits per heavy atom. The molecule has 0 bridgehead atoms. The minimum Gasteiger partial charge on any atom is -0.457 e. The maximum atomic E-state index is 5.61. The second kappa shape index (κ2) is 8.40. The van der Waals surface area contributed by atoms with Crippen molar-refractivity contribution >= 4 is 0 Å². The lowest BCUT2D eigenvalue weighted by Crippen LogP contribution is -1.92. The van der Waals surface area contributed by atoms with Gasteiger partial charge in [-0.15, -0.1) is 0 Å². The lowest BCUT2D eigenvalue weighted by Gasteiger charge is -2.06. The zero-order valence-corrected chi connectivity index (χ0v) is 11.3. The van der Waals surface area contributed by atoms with Crippen LogP contribution in [0, 0.1) is 6.92 Å². The molecule has 0 radical (unpaired) electrons. The first-order valence-electron chi connectivity index (χ1n) is 5.86. The monoisotopic (exact) mass is 230 g/mol. The van der Waals surface area contributed by atoms with Crippen molar-refractivity contribution in [2.24, 2.45) is 0 Å². The van der Waals surface area contributed by atoms with Crippen molar-refractivity contribution in [1.82, 2.24) is 0 Å². The number of aryl methyl sites for hydroxylation is 1. The Morgan fingerprint density at radius 2 is 1.71 bits per heavy atom. The zero-order chi connectivity index (χ0) is 13.3. The van der Waals surface area contributed by atoms with Crippen LogP contribution in [0.2, 0.25) is 0 Å². The average molecular weight is 230 g/mol. The second-order valence-corrected chi connectivity index (χ2v) is 3.51. The third kappa shape index (κ3) is 6.41. The molecule has 0 fully saturated rings. The van der Waals surface area contributed by atoms with E-state index in [4.69, 9.17) is 4.74 Å². The van der Waals surface area contributed by atoms with Crippen molar-refractivity contribution in [1.29, 1.82) is 0 Å². The molecule has 0 amide bonds. The van der Waals surface area contributed by atoms with E-state index in [-0.39, 0.29) is 0 Å². The maximum Gasteiger partial charge on any atom is 0.127 e. The molecular formula is C16H22O. The first-order valence-corrected chi connectivity index (χ1v) is 5.86. The van der Waals surface area contributed by atoms with Gasteiger partial charge in [-0.2, -0.15) is 0 Å². The summed E-state index contributed by atoms with van der Waals surface area (Å²) in [5.74, 6) is 1.53. The van der Waals surface area contributed by atoms with Gasteiger partial charge in [0, 0.05) is 0 Å². The first kappa shape index (κ1) is 15.2. The summed E-state index contributed by atoms with van der Waals surface area (Å²) in [4.78, 5) is 0. The summed E-state index contributed by atoms with van der Waals surface area (Å²) in [6.07, 6.45) is 3.53. The number of allylic oxidation sites excluding steroid dienone is 3. The Labute approximate surface area is 105 Å². The molecule has 1 heteroatoms. The summed E-state index contributed by atoms with van der Waals surface area (Å²) < 4.78 is 5.61. The van der Waals surface area contributed by atoms with Crippen molar-refractivity contribution in [3.63, 3.8) is 0 Å². The maximum absolute atomic E-state index is 5.61. The molecule has 0 heterocycles. The summed E-state index contributed by atoms with van der Waals surface area (Å²) in [5.41, 5.74) is 2.16. The molecule has 0 aromatic heterocycles. The molecule has 0 atom stereocenters. The number of hydrogen-bond acceptors (Lipinski definition) is 1. The molecule has 1 nitrogen and oxygen atoms in total. The van der Waals surface area contributed by atoms with Gasteiger partial charge in [-0.1, -0.05) is 50.3 Å². The van der Waals surface area contributed by atoms with Crippen LogP contribution in [0.5, 0.6) is 5.75 Å². The Balaban J connectivity index is 0.00000121. The molecule has 0 aliphatic carbocycles. The van der Waals surface area contributed by atoms with Gasteiger partial charge >= 0.3 is 0 Å². The van der Waals surface area contributed by atoms with E-state index < -0.39 is 0 Å². The van der Waals surface area contributed by atoms with Gasteiger partial charge in [0.15, 0.2) is 0 Å². The van der Waals surface area contributed by atoms with Gasteiger partial charge in [0.1, 0.15) is 11.5 Å². The minimum absolute atomic E-state index is 0.714. The predicted octanol–water partition coefficient (Wildman–Crippen LogP) is 5.05. The van der Waals surface area contributed by atoms with Gasteiger partial charge in [0.2, 0.25) is 0 Å². The fourth-order valence-electron chi connectivity index (χ4n) is 1.12. The van der Waals surface area contributed by atoms with E-state index in [2.05, 4.69) is 13.2 Å². The number of rotatable bonds is 4. The lowest BCUT2D eigenvalue weighted by molar-refractivity contribution is 0.444. The van der Waals surface area contributed by atoms with Crippen LogP contribution in [0.25, 0.3) is 0 Å². The van der Waals surface area contributed by atoms with Crippen molar-refractivity contribution in [3.05, 3.63) is 66.5 Å². The minimum atomic E-state index is 0.714. The molecule has 0 spiro atoms. The van der Waals surface area contributed by atoms with Gasteiger partial charge in [-0.3, -0.25) is 0 Å². The van der Waals surface area contributed by atoms with E-state index in [9.17, 15) is 0 Å². The van der Waals surface area contributed by atoms with Crippen LogP contribution >= 0.6 is 0 Å². The van der Waals surface area contributed by atoms with Crippen LogP contribution in [-0.2, 0) is 0 Å². The van der Waals surface area contributed by atoms with E-state index in [0.29, 0.717) is 5.76 Å². The largest absolute Gasteiger partial charge is 0.457 e. The van der Waals surface area contributed by atoms with E-state index in [1.807, 2.05) is 58.0 Å². The van der Waals surface area contributed by atoms with E-state index in [1.165, 1.54) is 5.56 Å². The highest BCUT2D eigenvalue weighted by Gasteiger charge is 1.96. The van der Waals surface area contributed by atoms with Crippen molar-refractivity contribution in [2.75, 3.05) is 0 Å². The fourth-order valence-corrected chi connectivity index (χ4v) is 1.12. The molecule has 17 heavy (non-hydrogen) atoms. The Morgan fingerprint density at radius 1 is 1.18 bits per heavy atom. The van der Waals surface area contributed by atoms with Gasteiger partial charge in [0.05, 0.1) is 0 Å². The van der Waals surface area contributed by atoms with Crippen LogP contribution in [-0.4, -0.2) is 0 Å². The van der Waals surface area contributed by atoms with Gasteiger partial charge in [-0.05, 0) is 38.1 Å². The summed E-state index contributed by atoms with van der Waals surface area (Å²) >= 11 is 0. The summed E-state index contributed by atoms with van der Waals surface area (Å²) in [7, 11) is 0. The van der Waals surface area contributed by atoms with Crippen LogP contribution in [0.3, 0.4) is 0 Å². The SMILES string of the molecule is C=C/C(=C\C(=C)C)Oc1ccc(C)cc1.CC. The van der Waals surface area contributed by atoms with Gasteiger partial charge in [-0.25, -0.2) is 0 Å². The smallest absolute Gasteiger partial charge is 0.127 e. The molecule has 0 N–H and O–H groups in total.